The fourth-order valence-electron chi connectivity index (χ4n) is 2.03. The Bertz CT molecular complexity index is 380. The summed E-state index contributed by atoms with van der Waals surface area (Å²) >= 11 is 0. The van der Waals surface area contributed by atoms with Gasteiger partial charge in [-0.05, 0) is 26.7 Å². The molecule has 1 saturated carbocycles. The molecule has 3 nitrogen and oxygen atoms in total. The Morgan fingerprint density at radius 1 is 1.43 bits per heavy atom. The van der Waals surface area contributed by atoms with Gasteiger partial charge < -0.3 is 5.32 Å². The van der Waals surface area contributed by atoms with Gasteiger partial charge in [0.25, 0.3) is 0 Å². The molecular weight excluding hydrogens is 174 g/mol. The van der Waals surface area contributed by atoms with Crippen molar-refractivity contribution < 1.29 is 0 Å². The molecule has 1 aliphatic carbocycles. The molecule has 2 heterocycles. The van der Waals surface area contributed by atoms with Gasteiger partial charge in [-0.2, -0.15) is 0 Å². The number of aromatic nitrogens is 2. The molecule has 0 bridgehead atoms. The van der Waals surface area contributed by atoms with Crippen molar-refractivity contribution in [1.82, 2.24) is 15.3 Å². The van der Waals surface area contributed by atoms with Crippen LogP contribution in [0.3, 0.4) is 0 Å². The first-order chi connectivity index (χ1) is 6.67. The third kappa shape index (κ3) is 1.16. The Hall–Kier alpha value is -0.960. The van der Waals surface area contributed by atoms with Crippen LogP contribution in [-0.4, -0.2) is 9.97 Å². The second-order valence-corrected chi connectivity index (χ2v) is 4.84. The van der Waals surface area contributed by atoms with E-state index in [1.807, 2.05) is 6.20 Å². The average Bonchev–Trinajstić information content (AvgIpc) is 2.94. The molecule has 0 unspecified atom stereocenters. The van der Waals surface area contributed by atoms with Crippen LogP contribution in [0.1, 0.15) is 49.7 Å². The zero-order valence-corrected chi connectivity index (χ0v) is 8.67. The standard InChI is InChI=1S/C11H15N3/c1-11(2)8-5-12-10(7-3-4-7)14-9(8)6-13-11/h5,7,13H,3-4,6H2,1-2H3. The van der Waals surface area contributed by atoms with E-state index in [0.717, 1.165) is 12.4 Å². The Morgan fingerprint density at radius 2 is 2.21 bits per heavy atom. The van der Waals surface area contributed by atoms with Crippen molar-refractivity contribution in [2.45, 2.75) is 44.7 Å². The van der Waals surface area contributed by atoms with Gasteiger partial charge in [0.1, 0.15) is 5.82 Å². The lowest BCUT2D eigenvalue weighted by molar-refractivity contribution is 0.442. The van der Waals surface area contributed by atoms with E-state index in [2.05, 4.69) is 29.1 Å². The quantitative estimate of drug-likeness (QED) is 0.730. The van der Waals surface area contributed by atoms with Gasteiger partial charge in [-0.3, -0.25) is 0 Å². The van der Waals surface area contributed by atoms with E-state index in [0.29, 0.717) is 5.92 Å². The van der Waals surface area contributed by atoms with E-state index in [4.69, 9.17) is 0 Å². The van der Waals surface area contributed by atoms with Crippen molar-refractivity contribution in [3.05, 3.63) is 23.3 Å². The van der Waals surface area contributed by atoms with Gasteiger partial charge >= 0.3 is 0 Å². The Morgan fingerprint density at radius 3 is 2.93 bits per heavy atom. The average molecular weight is 189 g/mol. The lowest BCUT2D eigenvalue weighted by atomic mass is 9.99. The number of hydrogen-bond acceptors (Lipinski definition) is 3. The second-order valence-electron chi connectivity index (χ2n) is 4.84. The summed E-state index contributed by atoms with van der Waals surface area (Å²) < 4.78 is 0. The molecule has 2 aliphatic rings. The topological polar surface area (TPSA) is 37.8 Å². The summed E-state index contributed by atoms with van der Waals surface area (Å²) in [4.78, 5) is 9.09. The molecule has 74 valence electrons. The molecule has 3 heteroatoms. The predicted octanol–water partition coefficient (Wildman–Crippen LogP) is 1.69. The number of nitrogens with zero attached hydrogens (tertiary/aromatic N) is 2. The molecule has 0 spiro atoms. The van der Waals surface area contributed by atoms with E-state index in [9.17, 15) is 0 Å². The van der Waals surface area contributed by atoms with Crippen molar-refractivity contribution in [2.75, 3.05) is 0 Å². The fraction of sp³-hybridized carbons (Fsp3) is 0.636. The van der Waals surface area contributed by atoms with Crippen LogP contribution in [0.4, 0.5) is 0 Å². The minimum absolute atomic E-state index is 0.0530. The minimum atomic E-state index is 0.0530. The summed E-state index contributed by atoms with van der Waals surface area (Å²) in [5.74, 6) is 1.72. The highest BCUT2D eigenvalue weighted by Gasteiger charge is 2.33. The van der Waals surface area contributed by atoms with Crippen LogP contribution in [0.5, 0.6) is 0 Å². The first-order valence-electron chi connectivity index (χ1n) is 5.28. The molecule has 1 N–H and O–H groups in total. The number of fused-ring (bicyclic) bond motifs is 1. The van der Waals surface area contributed by atoms with E-state index < -0.39 is 0 Å². The third-order valence-corrected chi connectivity index (χ3v) is 3.20. The van der Waals surface area contributed by atoms with Crippen LogP contribution in [0, 0.1) is 0 Å². The van der Waals surface area contributed by atoms with E-state index in [1.165, 1.54) is 24.1 Å². The van der Waals surface area contributed by atoms with Crippen LogP contribution in [-0.2, 0) is 12.1 Å². The maximum Gasteiger partial charge on any atom is 0.131 e. The van der Waals surface area contributed by atoms with Crippen LogP contribution in [0.25, 0.3) is 0 Å². The van der Waals surface area contributed by atoms with Crippen molar-refractivity contribution in [3.8, 4) is 0 Å². The zero-order chi connectivity index (χ0) is 9.76. The lowest BCUT2D eigenvalue weighted by Crippen LogP contribution is -2.28. The monoisotopic (exact) mass is 189 g/mol. The summed E-state index contributed by atoms with van der Waals surface area (Å²) in [6.45, 7) is 5.25. The molecule has 0 amide bonds. The third-order valence-electron chi connectivity index (χ3n) is 3.20. The molecule has 0 saturated heterocycles. The largest absolute Gasteiger partial charge is 0.302 e. The maximum absolute atomic E-state index is 4.64. The van der Waals surface area contributed by atoms with Crippen molar-refractivity contribution in [2.24, 2.45) is 0 Å². The van der Waals surface area contributed by atoms with Gasteiger partial charge in [-0.1, -0.05) is 0 Å². The van der Waals surface area contributed by atoms with Crippen LogP contribution >= 0.6 is 0 Å². The molecule has 14 heavy (non-hydrogen) atoms. The summed E-state index contributed by atoms with van der Waals surface area (Å²) in [7, 11) is 0. The normalized spacial score (nSPS) is 23.6. The molecular formula is C11H15N3. The van der Waals surface area contributed by atoms with Crippen LogP contribution in [0.2, 0.25) is 0 Å². The first kappa shape index (κ1) is 8.36. The van der Waals surface area contributed by atoms with Crippen molar-refractivity contribution in [3.63, 3.8) is 0 Å². The number of rotatable bonds is 1. The van der Waals surface area contributed by atoms with Crippen LogP contribution in [0.15, 0.2) is 6.20 Å². The number of nitrogens with one attached hydrogen (secondary N) is 1. The van der Waals surface area contributed by atoms with Crippen molar-refractivity contribution in [1.29, 1.82) is 0 Å². The second kappa shape index (κ2) is 2.54. The first-order valence-corrected chi connectivity index (χ1v) is 5.28. The summed E-state index contributed by atoms with van der Waals surface area (Å²) in [6, 6.07) is 0. The van der Waals surface area contributed by atoms with Gasteiger partial charge in [0, 0.05) is 29.8 Å². The van der Waals surface area contributed by atoms with E-state index >= 15 is 0 Å². The molecule has 1 aromatic rings. The highest BCUT2D eigenvalue weighted by molar-refractivity contribution is 5.30. The summed E-state index contributed by atoms with van der Waals surface area (Å²) in [5, 5.41) is 3.45. The summed E-state index contributed by atoms with van der Waals surface area (Å²) in [6.07, 6.45) is 4.56. The molecule has 1 fully saturated rings. The van der Waals surface area contributed by atoms with Gasteiger partial charge in [-0.15, -0.1) is 0 Å². The molecule has 0 radical (unpaired) electrons. The Kier molecular flexibility index (Phi) is 1.52. The van der Waals surface area contributed by atoms with E-state index in [-0.39, 0.29) is 5.54 Å². The van der Waals surface area contributed by atoms with Crippen LogP contribution < -0.4 is 5.32 Å². The number of hydrogen-bond donors (Lipinski definition) is 1. The van der Waals surface area contributed by atoms with Gasteiger partial charge in [0.15, 0.2) is 0 Å². The smallest absolute Gasteiger partial charge is 0.131 e. The molecule has 1 aliphatic heterocycles. The molecule has 3 rings (SSSR count). The zero-order valence-electron chi connectivity index (χ0n) is 8.67. The van der Waals surface area contributed by atoms with Gasteiger partial charge in [0.05, 0.1) is 5.69 Å². The van der Waals surface area contributed by atoms with Gasteiger partial charge in [0.2, 0.25) is 0 Å². The maximum atomic E-state index is 4.64. The van der Waals surface area contributed by atoms with Gasteiger partial charge in [-0.25, -0.2) is 9.97 Å². The molecule has 0 aromatic carbocycles. The fourth-order valence-corrected chi connectivity index (χ4v) is 2.03. The van der Waals surface area contributed by atoms with Crippen molar-refractivity contribution >= 4 is 0 Å². The summed E-state index contributed by atoms with van der Waals surface area (Å²) in [5.41, 5.74) is 2.52. The predicted molar refractivity (Wildman–Crippen MR) is 53.9 cm³/mol. The lowest BCUT2D eigenvalue weighted by Gasteiger charge is -2.18. The Labute approximate surface area is 84.0 Å². The highest BCUT2D eigenvalue weighted by atomic mass is 15.0. The highest BCUT2D eigenvalue weighted by Crippen LogP contribution is 2.39. The minimum Gasteiger partial charge on any atom is -0.302 e. The molecule has 1 aromatic heterocycles. The molecule has 0 atom stereocenters. The SMILES string of the molecule is CC1(C)NCc2nc(C3CC3)ncc21. The van der Waals surface area contributed by atoms with E-state index in [1.54, 1.807) is 0 Å². The Balaban J connectivity index is 2.04.